The third-order valence-corrected chi connectivity index (χ3v) is 3.17. The number of nitrogens with one attached hydrogen (secondary N) is 1. The van der Waals surface area contributed by atoms with Crippen molar-refractivity contribution in [3.8, 4) is 5.75 Å². The van der Waals surface area contributed by atoms with E-state index in [0.717, 1.165) is 29.7 Å². The third kappa shape index (κ3) is 1.50. The van der Waals surface area contributed by atoms with E-state index in [1.54, 1.807) is 0 Å². The molecule has 2 nitrogen and oxygen atoms in total. The lowest BCUT2D eigenvalue weighted by Gasteiger charge is -2.15. The van der Waals surface area contributed by atoms with Crippen molar-refractivity contribution >= 4 is 0 Å². The maximum atomic E-state index is 10.00. The molecule has 0 aromatic heterocycles. The van der Waals surface area contributed by atoms with Gasteiger partial charge in [-0.25, -0.2) is 0 Å². The highest BCUT2D eigenvalue weighted by molar-refractivity contribution is 5.45. The molecule has 2 N–H and O–H groups in total. The molecular weight excluding hydrogens is 174 g/mol. The Labute approximate surface area is 85.0 Å². The summed E-state index contributed by atoms with van der Waals surface area (Å²) in [5.74, 6) is 0.476. The summed E-state index contributed by atoms with van der Waals surface area (Å²) in [6.45, 7) is 5.07. The van der Waals surface area contributed by atoms with Crippen LogP contribution in [0.5, 0.6) is 5.75 Å². The summed E-state index contributed by atoms with van der Waals surface area (Å²) in [6.07, 6.45) is 2.34. The second-order valence-electron chi connectivity index (χ2n) is 4.09. The topological polar surface area (TPSA) is 32.3 Å². The standard InChI is InChI=1S/C12H17NO/c1-8-5-6-10(12(14)9(8)2)11-4-3-7-13-11/h5-6,11,13-14H,3-4,7H2,1-2H3. The molecular formula is C12H17NO. The van der Waals surface area contributed by atoms with Gasteiger partial charge in [-0.05, 0) is 44.4 Å². The van der Waals surface area contributed by atoms with E-state index in [9.17, 15) is 5.11 Å². The lowest BCUT2D eigenvalue weighted by molar-refractivity contribution is 0.452. The molecule has 0 saturated carbocycles. The Morgan fingerprint density at radius 3 is 2.79 bits per heavy atom. The van der Waals surface area contributed by atoms with E-state index in [1.165, 1.54) is 6.42 Å². The number of rotatable bonds is 1. The molecule has 2 heteroatoms. The lowest BCUT2D eigenvalue weighted by Crippen LogP contribution is -2.13. The van der Waals surface area contributed by atoms with Gasteiger partial charge in [0.25, 0.3) is 0 Å². The number of benzene rings is 1. The van der Waals surface area contributed by atoms with Gasteiger partial charge in [0.15, 0.2) is 0 Å². The predicted molar refractivity (Wildman–Crippen MR) is 57.6 cm³/mol. The Kier molecular flexibility index (Phi) is 2.46. The van der Waals surface area contributed by atoms with Crippen molar-refractivity contribution in [2.45, 2.75) is 32.7 Å². The fourth-order valence-corrected chi connectivity index (χ4v) is 2.05. The molecule has 1 aliphatic rings. The zero-order valence-electron chi connectivity index (χ0n) is 8.80. The summed E-state index contributed by atoms with van der Waals surface area (Å²) in [5, 5.41) is 13.4. The van der Waals surface area contributed by atoms with E-state index in [4.69, 9.17) is 0 Å². The van der Waals surface area contributed by atoms with Crippen LogP contribution in [0.4, 0.5) is 0 Å². The van der Waals surface area contributed by atoms with Crippen LogP contribution in [0, 0.1) is 13.8 Å². The molecule has 1 heterocycles. The number of phenolic OH excluding ortho intramolecular Hbond substituents is 1. The average molecular weight is 191 g/mol. The average Bonchev–Trinajstić information content (AvgIpc) is 2.67. The molecule has 1 fully saturated rings. The van der Waals surface area contributed by atoms with Gasteiger partial charge in [-0.1, -0.05) is 12.1 Å². The van der Waals surface area contributed by atoms with Crippen LogP contribution in [-0.2, 0) is 0 Å². The molecule has 1 unspecified atom stereocenters. The van der Waals surface area contributed by atoms with Gasteiger partial charge in [0.1, 0.15) is 5.75 Å². The molecule has 14 heavy (non-hydrogen) atoms. The Morgan fingerprint density at radius 1 is 1.36 bits per heavy atom. The van der Waals surface area contributed by atoms with Crippen LogP contribution in [0.3, 0.4) is 0 Å². The van der Waals surface area contributed by atoms with Gasteiger partial charge in [0.05, 0.1) is 0 Å². The van der Waals surface area contributed by atoms with E-state index in [2.05, 4.69) is 11.4 Å². The Hall–Kier alpha value is -1.02. The van der Waals surface area contributed by atoms with E-state index in [-0.39, 0.29) is 0 Å². The van der Waals surface area contributed by atoms with E-state index in [0.29, 0.717) is 11.8 Å². The Bertz CT molecular complexity index is 340. The SMILES string of the molecule is Cc1ccc(C2CCCN2)c(O)c1C. The third-order valence-electron chi connectivity index (χ3n) is 3.17. The summed E-state index contributed by atoms with van der Waals surface area (Å²) < 4.78 is 0. The van der Waals surface area contributed by atoms with Crippen molar-refractivity contribution in [2.24, 2.45) is 0 Å². The summed E-state index contributed by atoms with van der Waals surface area (Å²) in [5.41, 5.74) is 3.23. The second-order valence-corrected chi connectivity index (χ2v) is 4.09. The van der Waals surface area contributed by atoms with Crippen LogP contribution in [-0.4, -0.2) is 11.7 Å². The van der Waals surface area contributed by atoms with Gasteiger partial charge in [0.2, 0.25) is 0 Å². The number of hydrogen-bond acceptors (Lipinski definition) is 2. The molecule has 0 aliphatic carbocycles. The minimum Gasteiger partial charge on any atom is -0.507 e. The lowest BCUT2D eigenvalue weighted by atomic mass is 9.98. The second kappa shape index (κ2) is 3.62. The molecule has 76 valence electrons. The summed E-state index contributed by atoms with van der Waals surface area (Å²) in [6, 6.07) is 4.49. The largest absolute Gasteiger partial charge is 0.507 e. The Morgan fingerprint density at radius 2 is 2.14 bits per heavy atom. The van der Waals surface area contributed by atoms with Crippen molar-refractivity contribution in [3.05, 3.63) is 28.8 Å². The predicted octanol–water partition coefficient (Wildman–Crippen LogP) is 2.43. The van der Waals surface area contributed by atoms with Crippen LogP contribution in [0.1, 0.15) is 35.6 Å². The number of aromatic hydroxyl groups is 1. The van der Waals surface area contributed by atoms with Crippen LogP contribution in [0.25, 0.3) is 0 Å². The number of hydrogen-bond donors (Lipinski definition) is 2. The molecule has 1 aromatic rings. The zero-order chi connectivity index (χ0) is 10.1. The smallest absolute Gasteiger partial charge is 0.123 e. The highest BCUT2D eigenvalue weighted by Gasteiger charge is 2.20. The van der Waals surface area contributed by atoms with Crippen molar-refractivity contribution < 1.29 is 5.11 Å². The van der Waals surface area contributed by atoms with Crippen molar-refractivity contribution in [1.82, 2.24) is 5.32 Å². The molecule has 0 amide bonds. The number of phenols is 1. The maximum Gasteiger partial charge on any atom is 0.123 e. The maximum absolute atomic E-state index is 10.00. The quantitative estimate of drug-likeness (QED) is 0.714. The van der Waals surface area contributed by atoms with Gasteiger partial charge in [-0.3, -0.25) is 0 Å². The minimum absolute atomic E-state index is 0.356. The monoisotopic (exact) mass is 191 g/mol. The normalized spacial score (nSPS) is 21.4. The highest BCUT2D eigenvalue weighted by atomic mass is 16.3. The van der Waals surface area contributed by atoms with Gasteiger partial charge >= 0.3 is 0 Å². The molecule has 1 aliphatic heterocycles. The molecule has 1 atom stereocenters. The fraction of sp³-hybridized carbons (Fsp3) is 0.500. The summed E-state index contributed by atoms with van der Waals surface area (Å²) >= 11 is 0. The van der Waals surface area contributed by atoms with Gasteiger partial charge < -0.3 is 10.4 Å². The molecule has 2 rings (SSSR count). The first-order valence-corrected chi connectivity index (χ1v) is 5.22. The molecule has 1 aromatic carbocycles. The summed E-state index contributed by atoms with van der Waals surface area (Å²) in [4.78, 5) is 0. The molecule has 0 radical (unpaired) electrons. The Balaban J connectivity index is 2.38. The first-order valence-electron chi connectivity index (χ1n) is 5.22. The van der Waals surface area contributed by atoms with Crippen LogP contribution in [0.15, 0.2) is 12.1 Å². The number of aryl methyl sites for hydroxylation is 1. The van der Waals surface area contributed by atoms with E-state index < -0.39 is 0 Å². The highest BCUT2D eigenvalue weighted by Crippen LogP contribution is 2.33. The van der Waals surface area contributed by atoms with Crippen molar-refractivity contribution in [2.75, 3.05) is 6.54 Å². The first kappa shape index (κ1) is 9.53. The minimum atomic E-state index is 0.356. The molecule has 1 saturated heterocycles. The van der Waals surface area contributed by atoms with E-state index >= 15 is 0 Å². The zero-order valence-corrected chi connectivity index (χ0v) is 8.80. The van der Waals surface area contributed by atoms with Gasteiger partial charge in [-0.2, -0.15) is 0 Å². The van der Waals surface area contributed by atoms with Gasteiger partial charge in [-0.15, -0.1) is 0 Å². The van der Waals surface area contributed by atoms with Crippen molar-refractivity contribution in [3.63, 3.8) is 0 Å². The van der Waals surface area contributed by atoms with Crippen LogP contribution < -0.4 is 5.32 Å². The fourth-order valence-electron chi connectivity index (χ4n) is 2.05. The van der Waals surface area contributed by atoms with Crippen LogP contribution >= 0.6 is 0 Å². The molecule has 0 spiro atoms. The molecule has 0 bridgehead atoms. The summed E-state index contributed by atoms with van der Waals surface area (Å²) in [7, 11) is 0. The first-order chi connectivity index (χ1) is 6.70. The van der Waals surface area contributed by atoms with E-state index in [1.807, 2.05) is 19.9 Å². The van der Waals surface area contributed by atoms with Gasteiger partial charge in [0, 0.05) is 11.6 Å². The van der Waals surface area contributed by atoms with Crippen molar-refractivity contribution in [1.29, 1.82) is 0 Å². The van der Waals surface area contributed by atoms with Crippen LogP contribution in [0.2, 0.25) is 0 Å².